The van der Waals surface area contributed by atoms with Gasteiger partial charge in [0.05, 0.1) is 6.04 Å². The number of halogens is 1. The SMILES string of the molecule is CN=C(NCC1CCN(C2CC2)C1)NC(C)c1ccc(CC(C)C)cc1.I. The number of hydrogen-bond acceptors (Lipinski definition) is 2. The second kappa shape index (κ2) is 10.6. The fraction of sp³-hybridized carbons (Fsp3) is 0.682. The van der Waals surface area contributed by atoms with Crippen LogP contribution in [-0.2, 0) is 6.42 Å². The zero-order valence-electron chi connectivity index (χ0n) is 17.4. The summed E-state index contributed by atoms with van der Waals surface area (Å²) in [5, 5.41) is 7.08. The van der Waals surface area contributed by atoms with Crippen LogP contribution in [0.5, 0.6) is 0 Å². The first-order chi connectivity index (χ1) is 12.5. The lowest BCUT2D eigenvalue weighted by molar-refractivity contribution is 0.314. The molecule has 0 aromatic heterocycles. The van der Waals surface area contributed by atoms with E-state index in [4.69, 9.17) is 0 Å². The van der Waals surface area contributed by atoms with Crippen molar-refractivity contribution < 1.29 is 0 Å². The van der Waals surface area contributed by atoms with Gasteiger partial charge in [0.2, 0.25) is 0 Å². The van der Waals surface area contributed by atoms with E-state index in [1.807, 2.05) is 7.05 Å². The summed E-state index contributed by atoms with van der Waals surface area (Å²) in [4.78, 5) is 7.09. The molecule has 2 fully saturated rings. The van der Waals surface area contributed by atoms with Gasteiger partial charge in [-0.05, 0) is 62.1 Å². The highest BCUT2D eigenvalue weighted by atomic mass is 127. The Morgan fingerprint density at radius 1 is 1.15 bits per heavy atom. The van der Waals surface area contributed by atoms with Crippen LogP contribution in [0.1, 0.15) is 57.2 Å². The quantitative estimate of drug-likeness (QED) is 0.346. The first kappa shape index (κ1) is 22.5. The largest absolute Gasteiger partial charge is 0.356 e. The minimum Gasteiger partial charge on any atom is -0.356 e. The van der Waals surface area contributed by atoms with Gasteiger partial charge in [-0.25, -0.2) is 0 Å². The van der Waals surface area contributed by atoms with Crippen molar-refractivity contribution in [1.29, 1.82) is 0 Å². The molecule has 1 saturated carbocycles. The fourth-order valence-corrected chi connectivity index (χ4v) is 3.94. The van der Waals surface area contributed by atoms with Crippen molar-refractivity contribution >= 4 is 29.9 Å². The maximum absolute atomic E-state index is 4.42. The molecule has 2 N–H and O–H groups in total. The van der Waals surface area contributed by atoms with Crippen LogP contribution in [0.2, 0.25) is 0 Å². The molecule has 4 nitrogen and oxygen atoms in total. The third-order valence-electron chi connectivity index (χ3n) is 5.64. The summed E-state index contributed by atoms with van der Waals surface area (Å²) in [6.07, 6.45) is 5.28. The Bertz CT molecular complexity index is 595. The van der Waals surface area contributed by atoms with Gasteiger partial charge in [0.1, 0.15) is 0 Å². The van der Waals surface area contributed by atoms with Crippen LogP contribution in [0, 0.1) is 11.8 Å². The molecule has 27 heavy (non-hydrogen) atoms. The average molecular weight is 484 g/mol. The molecule has 2 unspecified atom stereocenters. The minimum absolute atomic E-state index is 0. The Morgan fingerprint density at radius 3 is 2.44 bits per heavy atom. The van der Waals surface area contributed by atoms with Gasteiger partial charge in [-0.2, -0.15) is 0 Å². The van der Waals surface area contributed by atoms with E-state index in [-0.39, 0.29) is 30.0 Å². The molecule has 2 aliphatic rings. The standard InChI is InChI=1S/C22H36N4.HI/c1-16(2)13-18-5-7-20(8-6-18)17(3)25-22(23-4)24-14-19-11-12-26(15-19)21-9-10-21;/h5-8,16-17,19,21H,9-15H2,1-4H3,(H2,23,24,25);1H. The van der Waals surface area contributed by atoms with Crippen LogP contribution >= 0.6 is 24.0 Å². The van der Waals surface area contributed by atoms with Crippen LogP contribution in [0.4, 0.5) is 0 Å². The summed E-state index contributed by atoms with van der Waals surface area (Å²) < 4.78 is 0. The molecule has 1 aliphatic carbocycles. The normalized spacial score (nSPS) is 21.8. The third-order valence-corrected chi connectivity index (χ3v) is 5.64. The molecule has 1 heterocycles. The monoisotopic (exact) mass is 484 g/mol. The van der Waals surface area contributed by atoms with E-state index in [2.05, 4.69) is 65.6 Å². The topological polar surface area (TPSA) is 39.7 Å². The number of benzene rings is 1. The summed E-state index contributed by atoms with van der Waals surface area (Å²) in [6, 6.07) is 10.2. The van der Waals surface area contributed by atoms with Crippen molar-refractivity contribution in [2.75, 3.05) is 26.7 Å². The number of aliphatic imine (C=N–C) groups is 1. The molecule has 0 bridgehead atoms. The Labute approximate surface area is 182 Å². The molecule has 2 atom stereocenters. The first-order valence-corrected chi connectivity index (χ1v) is 10.3. The molecule has 152 valence electrons. The molecule has 0 amide bonds. The van der Waals surface area contributed by atoms with E-state index in [9.17, 15) is 0 Å². The lowest BCUT2D eigenvalue weighted by Crippen LogP contribution is -2.41. The van der Waals surface area contributed by atoms with Crippen molar-refractivity contribution in [3.05, 3.63) is 35.4 Å². The number of nitrogens with one attached hydrogen (secondary N) is 2. The Balaban J connectivity index is 0.00000261. The smallest absolute Gasteiger partial charge is 0.191 e. The average Bonchev–Trinajstić information content (AvgIpc) is 3.37. The maximum atomic E-state index is 4.42. The lowest BCUT2D eigenvalue weighted by atomic mass is 10.00. The van der Waals surface area contributed by atoms with E-state index in [1.54, 1.807) is 0 Å². The van der Waals surface area contributed by atoms with Crippen LogP contribution in [0.15, 0.2) is 29.3 Å². The van der Waals surface area contributed by atoms with Gasteiger partial charge >= 0.3 is 0 Å². The van der Waals surface area contributed by atoms with Gasteiger partial charge in [0.25, 0.3) is 0 Å². The summed E-state index contributed by atoms with van der Waals surface area (Å²) in [5.74, 6) is 2.36. The van der Waals surface area contributed by atoms with Gasteiger partial charge < -0.3 is 15.5 Å². The number of likely N-dealkylation sites (tertiary alicyclic amines) is 1. The summed E-state index contributed by atoms with van der Waals surface area (Å²) >= 11 is 0. The molecule has 1 aromatic carbocycles. The van der Waals surface area contributed by atoms with E-state index < -0.39 is 0 Å². The second-order valence-electron chi connectivity index (χ2n) is 8.54. The van der Waals surface area contributed by atoms with Gasteiger partial charge in [0, 0.05) is 26.2 Å². The number of hydrogen-bond donors (Lipinski definition) is 2. The van der Waals surface area contributed by atoms with Crippen molar-refractivity contribution in [3.8, 4) is 0 Å². The lowest BCUT2D eigenvalue weighted by Gasteiger charge is -2.20. The zero-order chi connectivity index (χ0) is 18.5. The fourth-order valence-electron chi connectivity index (χ4n) is 3.94. The van der Waals surface area contributed by atoms with E-state index in [0.29, 0.717) is 5.92 Å². The van der Waals surface area contributed by atoms with Gasteiger partial charge in [-0.15, -0.1) is 24.0 Å². The molecule has 1 aliphatic heterocycles. The van der Waals surface area contributed by atoms with Crippen molar-refractivity contribution in [2.45, 2.75) is 58.5 Å². The molecular weight excluding hydrogens is 447 g/mol. The first-order valence-electron chi connectivity index (χ1n) is 10.3. The molecule has 1 saturated heterocycles. The summed E-state index contributed by atoms with van der Waals surface area (Å²) in [6.45, 7) is 10.3. The van der Waals surface area contributed by atoms with Crippen molar-refractivity contribution in [1.82, 2.24) is 15.5 Å². The van der Waals surface area contributed by atoms with Crippen LogP contribution in [-0.4, -0.2) is 43.6 Å². The molecule has 3 rings (SSSR count). The van der Waals surface area contributed by atoms with Crippen molar-refractivity contribution in [2.24, 2.45) is 16.8 Å². The Morgan fingerprint density at radius 2 is 1.85 bits per heavy atom. The van der Waals surface area contributed by atoms with Crippen LogP contribution < -0.4 is 10.6 Å². The predicted octanol–water partition coefficient (Wildman–Crippen LogP) is 4.21. The zero-order valence-corrected chi connectivity index (χ0v) is 19.7. The van der Waals surface area contributed by atoms with Crippen LogP contribution in [0.3, 0.4) is 0 Å². The highest BCUT2D eigenvalue weighted by Crippen LogP contribution is 2.31. The van der Waals surface area contributed by atoms with Crippen molar-refractivity contribution in [3.63, 3.8) is 0 Å². The van der Waals surface area contributed by atoms with Crippen LogP contribution in [0.25, 0.3) is 0 Å². The Kier molecular flexibility index (Phi) is 8.86. The van der Waals surface area contributed by atoms with E-state index in [1.165, 1.54) is 43.5 Å². The van der Waals surface area contributed by atoms with Gasteiger partial charge in [0.15, 0.2) is 5.96 Å². The molecule has 0 spiro atoms. The second-order valence-corrected chi connectivity index (χ2v) is 8.54. The molecular formula is C22H37IN4. The predicted molar refractivity (Wildman–Crippen MR) is 126 cm³/mol. The van der Waals surface area contributed by atoms with Gasteiger partial charge in [-0.1, -0.05) is 38.1 Å². The number of nitrogens with zero attached hydrogens (tertiary/aromatic N) is 2. The maximum Gasteiger partial charge on any atom is 0.191 e. The molecule has 1 aromatic rings. The summed E-state index contributed by atoms with van der Waals surface area (Å²) in [7, 11) is 1.86. The molecule has 0 radical (unpaired) electrons. The highest BCUT2D eigenvalue weighted by Gasteiger charge is 2.34. The summed E-state index contributed by atoms with van der Waals surface area (Å²) in [5.41, 5.74) is 2.72. The Hall–Kier alpha value is -0.820. The third kappa shape index (κ3) is 6.93. The minimum atomic E-state index is 0. The highest BCUT2D eigenvalue weighted by molar-refractivity contribution is 14.0. The number of guanidine groups is 1. The van der Waals surface area contributed by atoms with Gasteiger partial charge in [-0.3, -0.25) is 4.99 Å². The number of rotatable bonds is 7. The van der Waals surface area contributed by atoms with E-state index >= 15 is 0 Å². The molecule has 5 heteroatoms. The van der Waals surface area contributed by atoms with E-state index in [0.717, 1.165) is 30.9 Å².